The Morgan fingerprint density at radius 2 is 1.61 bits per heavy atom. The van der Waals surface area contributed by atoms with Gasteiger partial charge in [-0.25, -0.2) is 13.6 Å². The number of rotatable bonds is 12. The highest BCUT2D eigenvalue weighted by atomic mass is 32.2. The van der Waals surface area contributed by atoms with E-state index in [1.807, 2.05) is 54.5 Å². The first kappa shape index (κ1) is 32.2. The fourth-order valence-corrected chi connectivity index (χ4v) is 5.45. The molecule has 0 aliphatic heterocycles. The molecule has 1 amide bonds. The highest BCUT2D eigenvalue weighted by Gasteiger charge is 2.24. The number of esters is 1. The molecule has 0 saturated heterocycles. The predicted molar refractivity (Wildman–Crippen MR) is 170 cm³/mol. The fourth-order valence-electron chi connectivity index (χ4n) is 4.98. The number of carbonyl (C=O) groups excluding carboxylic acids is 2. The molecule has 0 radical (unpaired) electrons. The van der Waals surface area contributed by atoms with Gasteiger partial charge in [-0.05, 0) is 102 Å². The molecule has 0 bridgehead atoms. The molecule has 1 atom stereocenters. The van der Waals surface area contributed by atoms with Crippen LogP contribution in [0.4, 0.5) is 14.5 Å². The van der Waals surface area contributed by atoms with Gasteiger partial charge in [0, 0.05) is 30.4 Å². The van der Waals surface area contributed by atoms with Crippen LogP contribution in [0.25, 0.3) is 11.1 Å². The summed E-state index contributed by atoms with van der Waals surface area (Å²) in [5.41, 5.74) is 5.43. The average Bonchev–Trinajstić information content (AvgIpc) is 3.02. The normalized spacial score (nSPS) is 11.4. The molecule has 4 rings (SSSR count). The summed E-state index contributed by atoms with van der Waals surface area (Å²) >= 11 is 1.57. The second-order valence-electron chi connectivity index (χ2n) is 10.3. The van der Waals surface area contributed by atoms with Crippen LogP contribution in [0, 0.1) is 29.9 Å². The maximum atomic E-state index is 14.1. The number of aryl methyl sites for hydroxylation is 1. The van der Waals surface area contributed by atoms with Crippen molar-refractivity contribution in [3.63, 3.8) is 0 Å². The zero-order valence-corrected chi connectivity index (χ0v) is 25.6. The van der Waals surface area contributed by atoms with Crippen molar-refractivity contribution in [3.8, 4) is 17.2 Å². The largest absolute Gasteiger partial charge is 0.467 e. The summed E-state index contributed by atoms with van der Waals surface area (Å²) < 4.78 is 33.1. The molecular formula is C35H33F2N3O3S. The molecule has 226 valence electrons. The lowest BCUT2D eigenvalue weighted by molar-refractivity contribution is -0.142. The van der Waals surface area contributed by atoms with E-state index in [-0.39, 0.29) is 6.54 Å². The number of nitrogens with zero attached hydrogens (tertiary/aromatic N) is 2. The van der Waals surface area contributed by atoms with Gasteiger partial charge in [-0.2, -0.15) is 17.0 Å². The van der Waals surface area contributed by atoms with Gasteiger partial charge in [0.2, 0.25) is 0 Å². The molecular weight excluding hydrogens is 580 g/mol. The Balaban J connectivity index is 1.74. The number of amides is 1. The second-order valence-corrected chi connectivity index (χ2v) is 11.3. The zero-order valence-electron chi connectivity index (χ0n) is 24.8. The third-order valence-corrected chi connectivity index (χ3v) is 7.84. The van der Waals surface area contributed by atoms with Crippen LogP contribution in [0.1, 0.15) is 39.0 Å². The van der Waals surface area contributed by atoms with E-state index in [9.17, 15) is 23.6 Å². The Morgan fingerprint density at radius 3 is 2.25 bits per heavy atom. The predicted octanol–water partition coefficient (Wildman–Crippen LogP) is 7.04. The minimum absolute atomic E-state index is 0.193. The topological polar surface area (TPSA) is 82.4 Å². The number of methoxy groups -OCH3 is 1. The summed E-state index contributed by atoms with van der Waals surface area (Å²) in [5, 5.41) is 12.1. The Bertz CT molecular complexity index is 1650. The lowest BCUT2D eigenvalue weighted by Crippen LogP contribution is -2.42. The van der Waals surface area contributed by atoms with E-state index in [0.29, 0.717) is 41.0 Å². The van der Waals surface area contributed by atoms with Crippen LogP contribution in [-0.2, 0) is 22.6 Å². The number of anilines is 1. The number of hydrogen-bond donors (Lipinski definition) is 1. The third kappa shape index (κ3) is 8.23. The van der Waals surface area contributed by atoms with Gasteiger partial charge in [-0.1, -0.05) is 30.3 Å². The molecule has 0 spiro atoms. The van der Waals surface area contributed by atoms with Gasteiger partial charge in [0.05, 0.1) is 18.7 Å². The van der Waals surface area contributed by atoms with Gasteiger partial charge in [-0.3, -0.25) is 4.79 Å². The minimum Gasteiger partial charge on any atom is -0.467 e. The van der Waals surface area contributed by atoms with Crippen molar-refractivity contribution in [2.45, 2.75) is 32.5 Å². The molecule has 4 aromatic carbocycles. The van der Waals surface area contributed by atoms with E-state index in [0.717, 1.165) is 28.4 Å². The minimum atomic E-state index is -0.789. The molecule has 0 unspecified atom stereocenters. The summed E-state index contributed by atoms with van der Waals surface area (Å²) in [6, 6.07) is 24.9. The first-order chi connectivity index (χ1) is 21.2. The Labute approximate surface area is 260 Å². The van der Waals surface area contributed by atoms with Gasteiger partial charge in [0.15, 0.2) is 0 Å². The SMILES string of the molecule is COC(=O)[C@H](CCSC)NC(=O)c1ccc(CN(Cc2cc(F)cc(F)c2)c2ccc(C#N)cc2)cc1-c1ccccc1C. The molecule has 0 heterocycles. The molecule has 9 heteroatoms. The monoisotopic (exact) mass is 613 g/mol. The van der Waals surface area contributed by atoms with E-state index in [1.165, 1.54) is 19.2 Å². The lowest BCUT2D eigenvalue weighted by atomic mass is 9.93. The maximum Gasteiger partial charge on any atom is 0.328 e. The van der Waals surface area contributed by atoms with Gasteiger partial charge < -0.3 is 15.0 Å². The van der Waals surface area contributed by atoms with Gasteiger partial charge in [0.25, 0.3) is 5.91 Å². The van der Waals surface area contributed by atoms with Crippen molar-refractivity contribution in [3.05, 3.63) is 124 Å². The van der Waals surface area contributed by atoms with Crippen LogP contribution in [0.3, 0.4) is 0 Å². The van der Waals surface area contributed by atoms with Crippen molar-refractivity contribution in [1.82, 2.24) is 5.32 Å². The molecule has 1 N–H and O–H groups in total. The first-order valence-corrected chi connectivity index (χ1v) is 15.4. The van der Waals surface area contributed by atoms with Crippen LogP contribution < -0.4 is 10.2 Å². The molecule has 6 nitrogen and oxygen atoms in total. The standard InChI is InChI=1S/C35H33F2N3O3S/c1-23-6-4-5-7-30(23)32-18-25(10-13-31(32)34(41)39-33(14-15-44-3)35(42)43-2)21-40(29-11-8-24(20-38)9-12-29)22-26-16-27(36)19-28(37)17-26/h4-13,16-19,33H,14-15,21-22H2,1-3H3,(H,39,41)/t33-/m0/s1. The van der Waals surface area contributed by atoms with E-state index >= 15 is 0 Å². The van der Waals surface area contributed by atoms with Crippen LogP contribution in [0.2, 0.25) is 0 Å². The first-order valence-electron chi connectivity index (χ1n) is 14.0. The highest BCUT2D eigenvalue weighted by Crippen LogP contribution is 2.30. The molecule has 4 aromatic rings. The molecule has 0 aliphatic carbocycles. The van der Waals surface area contributed by atoms with Crippen LogP contribution in [-0.4, -0.2) is 37.0 Å². The molecule has 0 aliphatic rings. The average molecular weight is 614 g/mol. The summed E-state index contributed by atoms with van der Waals surface area (Å²) in [5.74, 6) is -1.57. The molecule has 44 heavy (non-hydrogen) atoms. The fraction of sp³-hybridized carbons (Fsp3) is 0.229. The van der Waals surface area contributed by atoms with Crippen LogP contribution >= 0.6 is 11.8 Å². The van der Waals surface area contributed by atoms with Crippen LogP contribution in [0.5, 0.6) is 0 Å². The summed E-state index contributed by atoms with van der Waals surface area (Å²) in [6.07, 6.45) is 2.36. The number of benzene rings is 4. The summed E-state index contributed by atoms with van der Waals surface area (Å²) in [6.45, 7) is 2.49. The summed E-state index contributed by atoms with van der Waals surface area (Å²) in [7, 11) is 1.30. The van der Waals surface area contributed by atoms with E-state index in [1.54, 1.807) is 42.1 Å². The Morgan fingerprint density at radius 1 is 0.932 bits per heavy atom. The van der Waals surface area contributed by atoms with Crippen LogP contribution in [0.15, 0.2) is 84.9 Å². The number of thioether (sulfide) groups is 1. The second kappa shape index (κ2) is 15.2. The number of halogens is 2. The number of hydrogen-bond acceptors (Lipinski definition) is 6. The quantitative estimate of drug-likeness (QED) is 0.173. The summed E-state index contributed by atoms with van der Waals surface area (Å²) in [4.78, 5) is 28.0. The van der Waals surface area contributed by atoms with Gasteiger partial charge in [0.1, 0.15) is 17.7 Å². The molecule has 0 fully saturated rings. The number of ether oxygens (including phenoxy) is 1. The lowest BCUT2D eigenvalue weighted by Gasteiger charge is -2.26. The highest BCUT2D eigenvalue weighted by molar-refractivity contribution is 7.98. The maximum absolute atomic E-state index is 14.1. The smallest absolute Gasteiger partial charge is 0.328 e. The van der Waals surface area contributed by atoms with Crippen molar-refractivity contribution < 1.29 is 23.1 Å². The molecule has 0 saturated carbocycles. The Kier molecular flexibility index (Phi) is 11.1. The van der Waals surface area contributed by atoms with E-state index < -0.39 is 29.6 Å². The number of nitrogens with one attached hydrogen (secondary N) is 1. The van der Waals surface area contributed by atoms with Crippen molar-refractivity contribution in [1.29, 1.82) is 5.26 Å². The van der Waals surface area contributed by atoms with Crippen molar-refractivity contribution in [2.75, 3.05) is 24.0 Å². The van der Waals surface area contributed by atoms with Crippen molar-refractivity contribution >= 4 is 29.3 Å². The number of carbonyl (C=O) groups is 2. The van der Waals surface area contributed by atoms with Gasteiger partial charge >= 0.3 is 5.97 Å². The zero-order chi connectivity index (χ0) is 31.6. The van der Waals surface area contributed by atoms with E-state index in [2.05, 4.69) is 11.4 Å². The number of nitriles is 1. The third-order valence-electron chi connectivity index (χ3n) is 7.20. The molecule has 0 aromatic heterocycles. The van der Waals surface area contributed by atoms with Crippen molar-refractivity contribution in [2.24, 2.45) is 0 Å². The Hall–Kier alpha value is -4.68. The van der Waals surface area contributed by atoms with E-state index in [4.69, 9.17) is 4.74 Å². The van der Waals surface area contributed by atoms with Gasteiger partial charge in [-0.15, -0.1) is 0 Å².